The number of nitrogens with two attached hydrogens (primary N) is 1. The fourth-order valence-corrected chi connectivity index (χ4v) is 1.27. The van der Waals surface area contributed by atoms with Gasteiger partial charge in [0.2, 0.25) is 0 Å². The van der Waals surface area contributed by atoms with Crippen molar-refractivity contribution >= 4 is 18.0 Å². The average Bonchev–Trinajstić information content (AvgIpc) is 2.47. The van der Waals surface area contributed by atoms with Gasteiger partial charge in [0.25, 0.3) is 5.69 Å². The fourth-order valence-electron chi connectivity index (χ4n) is 1.27. The lowest BCUT2D eigenvalue weighted by Crippen LogP contribution is -1.97. The number of benzene rings is 1. The lowest BCUT2D eigenvalue weighted by atomic mass is 10.1. The van der Waals surface area contributed by atoms with Crippen LogP contribution in [0.15, 0.2) is 46.7 Å². The molecule has 0 amide bonds. The first-order valence-electron chi connectivity index (χ1n) is 5.34. The maximum Gasteiger partial charge on any atom is 0.276 e. The van der Waals surface area contributed by atoms with Crippen LogP contribution in [0.25, 0.3) is 6.08 Å². The molecule has 0 heterocycles. The third-order valence-corrected chi connectivity index (χ3v) is 2.18. The number of allylic oxidation sites excluding steroid dienone is 3. The maximum atomic E-state index is 10.8. The first-order chi connectivity index (χ1) is 9.60. The molecule has 0 aliphatic carbocycles. The number of hydrogen-bond acceptors (Lipinski definition) is 6. The number of nitro groups is 1. The second-order valence-electron chi connectivity index (χ2n) is 3.44. The van der Waals surface area contributed by atoms with Crippen molar-refractivity contribution in [2.45, 2.75) is 0 Å². The summed E-state index contributed by atoms with van der Waals surface area (Å²) in [6, 6.07) is 9.46. The van der Waals surface area contributed by atoms with Crippen LogP contribution in [-0.2, 0) is 0 Å². The Bertz CT molecular complexity index is 689. The van der Waals surface area contributed by atoms with Gasteiger partial charge in [-0.25, -0.2) is 4.99 Å². The van der Waals surface area contributed by atoms with Crippen molar-refractivity contribution in [2.75, 3.05) is 0 Å². The SMILES string of the molecule is N#CC(N)=C(C#N)N=CC=Cc1ccccc1[N+](=O)[O-]. The van der Waals surface area contributed by atoms with Gasteiger partial charge in [-0.15, -0.1) is 0 Å². The molecule has 0 bridgehead atoms. The van der Waals surface area contributed by atoms with Crippen LogP contribution in [0, 0.1) is 32.8 Å². The molecule has 0 saturated heterocycles. The number of hydrogen-bond donors (Lipinski definition) is 1. The van der Waals surface area contributed by atoms with E-state index in [4.69, 9.17) is 16.3 Å². The van der Waals surface area contributed by atoms with Gasteiger partial charge in [0.05, 0.1) is 10.5 Å². The first kappa shape index (κ1) is 14.6. The topological polar surface area (TPSA) is 129 Å². The van der Waals surface area contributed by atoms with Crippen LogP contribution in [-0.4, -0.2) is 11.1 Å². The van der Waals surface area contributed by atoms with E-state index in [0.717, 1.165) is 0 Å². The molecular formula is C13H9N5O2. The summed E-state index contributed by atoms with van der Waals surface area (Å²) in [6.45, 7) is 0. The Hall–Kier alpha value is -3.45. The summed E-state index contributed by atoms with van der Waals surface area (Å²) < 4.78 is 0. The van der Waals surface area contributed by atoms with Crippen molar-refractivity contribution in [1.29, 1.82) is 10.5 Å². The van der Waals surface area contributed by atoms with E-state index in [1.165, 1.54) is 24.4 Å². The van der Waals surface area contributed by atoms with Gasteiger partial charge in [-0.2, -0.15) is 10.5 Å². The summed E-state index contributed by atoms with van der Waals surface area (Å²) >= 11 is 0. The van der Waals surface area contributed by atoms with Gasteiger partial charge in [0, 0.05) is 12.3 Å². The van der Waals surface area contributed by atoms with Gasteiger partial charge in [0.15, 0.2) is 5.70 Å². The zero-order valence-corrected chi connectivity index (χ0v) is 10.2. The molecule has 7 heteroatoms. The molecule has 0 saturated carbocycles. The molecule has 7 nitrogen and oxygen atoms in total. The van der Waals surface area contributed by atoms with Crippen LogP contribution in [0.5, 0.6) is 0 Å². The molecule has 1 aromatic rings. The molecule has 0 atom stereocenters. The van der Waals surface area contributed by atoms with E-state index >= 15 is 0 Å². The van der Waals surface area contributed by atoms with E-state index in [-0.39, 0.29) is 17.1 Å². The predicted octanol–water partition coefficient (Wildman–Crippen LogP) is 1.90. The standard InChI is InChI=1S/C13H9N5O2/c14-8-11(16)12(9-15)17-7-3-5-10-4-1-2-6-13(10)18(19)20/h1-7H,16H2. The second kappa shape index (κ2) is 7.09. The van der Waals surface area contributed by atoms with Crippen molar-refractivity contribution < 1.29 is 4.92 Å². The third-order valence-electron chi connectivity index (χ3n) is 2.18. The van der Waals surface area contributed by atoms with Crippen LogP contribution in [0.4, 0.5) is 5.69 Å². The quantitative estimate of drug-likeness (QED) is 0.385. The normalized spacial score (nSPS) is 11.9. The smallest absolute Gasteiger partial charge is 0.276 e. The molecule has 2 N–H and O–H groups in total. The number of nitro benzene ring substituents is 1. The van der Waals surface area contributed by atoms with Crippen molar-refractivity contribution in [3.63, 3.8) is 0 Å². The molecule has 0 unspecified atom stereocenters. The fraction of sp³-hybridized carbons (Fsp3) is 0. The van der Waals surface area contributed by atoms with Gasteiger partial charge < -0.3 is 5.73 Å². The minimum atomic E-state index is -0.495. The molecule has 98 valence electrons. The van der Waals surface area contributed by atoms with Gasteiger partial charge in [-0.05, 0) is 18.2 Å². The van der Waals surface area contributed by atoms with Crippen molar-refractivity contribution in [3.8, 4) is 12.1 Å². The number of nitrogens with zero attached hydrogens (tertiary/aromatic N) is 4. The lowest BCUT2D eigenvalue weighted by molar-refractivity contribution is -0.385. The molecule has 1 aromatic carbocycles. The van der Waals surface area contributed by atoms with E-state index in [0.29, 0.717) is 5.56 Å². The van der Waals surface area contributed by atoms with Crippen LogP contribution in [0.3, 0.4) is 0 Å². The van der Waals surface area contributed by atoms with Crippen molar-refractivity contribution in [3.05, 3.63) is 57.4 Å². The van der Waals surface area contributed by atoms with E-state index in [2.05, 4.69) is 4.99 Å². The van der Waals surface area contributed by atoms with Crippen molar-refractivity contribution in [2.24, 2.45) is 10.7 Å². The monoisotopic (exact) mass is 267 g/mol. The zero-order chi connectivity index (χ0) is 15.0. The lowest BCUT2D eigenvalue weighted by Gasteiger charge is -1.95. The molecule has 0 radical (unpaired) electrons. The first-order valence-corrected chi connectivity index (χ1v) is 5.34. The molecule has 20 heavy (non-hydrogen) atoms. The Balaban J connectivity index is 2.94. The van der Waals surface area contributed by atoms with Gasteiger partial charge in [0.1, 0.15) is 17.8 Å². The molecule has 0 aromatic heterocycles. The van der Waals surface area contributed by atoms with Gasteiger partial charge in [-0.1, -0.05) is 12.1 Å². The minimum Gasteiger partial charge on any atom is -0.388 e. The molecule has 0 fully saturated rings. The highest BCUT2D eigenvalue weighted by atomic mass is 16.6. The molecular weight excluding hydrogens is 258 g/mol. The van der Waals surface area contributed by atoms with E-state index in [1.807, 2.05) is 0 Å². The Labute approximate surface area is 114 Å². The van der Waals surface area contributed by atoms with Crippen LogP contribution < -0.4 is 5.73 Å². The largest absolute Gasteiger partial charge is 0.388 e. The minimum absolute atomic E-state index is 0.0373. The summed E-state index contributed by atoms with van der Waals surface area (Å²) in [6.07, 6.45) is 4.13. The molecule has 1 rings (SSSR count). The average molecular weight is 267 g/mol. The highest BCUT2D eigenvalue weighted by molar-refractivity contribution is 5.81. The number of nitriles is 2. The highest BCUT2D eigenvalue weighted by Gasteiger charge is 2.08. The molecule has 0 spiro atoms. The Kier molecular flexibility index (Phi) is 5.18. The third kappa shape index (κ3) is 3.79. The van der Waals surface area contributed by atoms with Crippen LogP contribution >= 0.6 is 0 Å². The Morgan fingerprint density at radius 3 is 2.65 bits per heavy atom. The van der Waals surface area contributed by atoms with Crippen LogP contribution in [0.2, 0.25) is 0 Å². The molecule has 0 aliphatic rings. The predicted molar refractivity (Wildman–Crippen MR) is 73.1 cm³/mol. The summed E-state index contributed by atoms with van der Waals surface area (Å²) in [5, 5.41) is 28.0. The van der Waals surface area contributed by atoms with Gasteiger partial charge >= 0.3 is 0 Å². The maximum absolute atomic E-state index is 10.8. The summed E-state index contributed by atoms with van der Waals surface area (Å²) in [5.74, 6) is 0. The number of aliphatic imine (C=N–C) groups is 1. The van der Waals surface area contributed by atoms with E-state index in [9.17, 15) is 10.1 Å². The zero-order valence-electron chi connectivity index (χ0n) is 10.2. The molecule has 0 aliphatic heterocycles. The van der Waals surface area contributed by atoms with E-state index < -0.39 is 4.92 Å². The summed E-state index contributed by atoms with van der Waals surface area (Å²) in [4.78, 5) is 14.0. The summed E-state index contributed by atoms with van der Waals surface area (Å²) in [7, 11) is 0. The number of rotatable bonds is 4. The Morgan fingerprint density at radius 2 is 2.05 bits per heavy atom. The van der Waals surface area contributed by atoms with Gasteiger partial charge in [-0.3, -0.25) is 10.1 Å². The van der Waals surface area contributed by atoms with Crippen molar-refractivity contribution in [1.82, 2.24) is 0 Å². The van der Waals surface area contributed by atoms with Crippen LogP contribution in [0.1, 0.15) is 5.56 Å². The number of para-hydroxylation sites is 1. The summed E-state index contributed by atoms with van der Waals surface area (Å²) in [5.41, 5.74) is 5.12. The Morgan fingerprint density at radius 1 is 1.35 bits per heavy atom. The highest BCUT2D eigenvalue weighted by Crippen LogP contribution is 2.18. The second-order valence-corrected chi connectivity index (χ2v) is 3.44. The van der Waals surface area contributed by atoms with E-state index in [1.54, 1.807) is 30.3 Å².